The van der Waals surface area contributed by atoms with Crippen LogP contribution in [-0.4, -0.2) is 29.0 Å². The standard InChI is InChI=1S/C15H21N3S/c1-18(12-8-6-11(16)7-9-12)10-15-17-13-4-2-3-5-14(13)19-15/h2-5,11-12H,6-10,16H2,1H3. The van der Waals surface area contributed by atoms with E-state index in [2.05, 4.69) is 36.2 Å². The summed E-state index contributed by atoms with van der Waals surface area (Å²) in [5, 5.41) is 1.22. The topological polar surface area (TPSA) is 42.2 Å². The van der Waals surface area contributed by atoms with Crippen molar-refractivity contribution in [2.24, 2.45) is 5.73 Å². The molecule has 0 amide bonds. The molecule has 1 heterocycles. The second kappa shape index (κ2) is 5.57. The number of para-hydroxylation sites is 1. The number of hydrogen-bond donors (Lipinski definition) is 1. The molecule has 1 aliphatic rings. The highest BCUT2D eigenvalue weighted by Gasteiger charge is 2.22. The Kier molecular flexibility index (Phi) is 3.82. The number of benzene rings is 1. The zero-order valence-corrected chi connectivity index (χ0v) is 12.2. The molecule has 0 spiro atoms. The minimum atomic E-state index is 0.423. The van der Waals surface area contributed by atoms with Crippen LogP contribution in [0.5, 0.6) is 0 Å². The Morgan fingerprint density at radius 1 is 1.26 bits per heavy atom. The molecule has 3 nitrogen and oxygen atoms in total. The molecule has 1 fully saturated rings. The van der Waals surface area contributed by atoms with Gasteiger partial charge in [0.1, 0.15) is 5.01 Å². The van der Waals surface area contributed by atoms with Crippen LogP contribution < -0.4 is 5.73 Å². The van der Waals surface area contributed by atoms with Crippen molar-refractivity contribution in [3.63, 3.8) is 0 Å². The van der Waals surface area contributed by atoms with E-state index < -0.39 is 0 Å². The predicted octanol–water partition coefficient (Wildman–Crippen LogP) is 3.00. The van der Waals surface area contributed by atoms with Crippen LogP contribution in [0.3, 0.4) is 0 Å². The zero-order valence-electron chi connectivity index (χ0n) is 11.4. The summed E-state index contributed by atoms with van der Waals surface area (Å²) in [7, 11) is 2.22. The molecule has 0 aliphatic heterocycles. The van der Waals surface area contributed by atoms with Crippen LogP contribution in [0.25, 0.3) is 10.2 Å². The first kappa shape index (κ1) is 13.0. The Balaban J connectivity index is 1.67. The molecule has 2 N–H and O–H groups in total. The van der Waals surface area contributed by atoms with Gasteiger partial charge in [0.25, 0.3) is 0 Å². The van der Waals surface area contributed by atoms with Crippen LogP contribution in [-0.2, 0) is 6.54 Å². The van der Waals surface area contributed by atoms with Crippen LogP contribution in [0, 0.1) is 0 Å². The average molecular weight is 275 g/mol. The maximum atomic E-state index is 5.97. The molecule has 4 heteroatoms. The minimum Gasteiger partial charge on any atom is -0.328 e. The molecule has 2 aromatic rings. The smallest absolute Gasteiger partial charge is 0.108 e. The number of aromatic nitrogens is 1. The van der Waals surface area contributed by atoms with Gasteiger partial charge in [0.05, 0.1) is 16.8 Å². The monoisotopic (exact) mass is 275 g/mol. The number of nitrogens with zero attached hydrogens (tertiary/aromatic N) is 2. The number of hydrogen-bond acceptors (Lipinski definition) is 4. The largest absolute Gasteiger partial charge is 0.328 e. The van der Waals surface area contributed by atoms with E-state index in [1.54, 1.807) is 0 Å². The van der Waals surface area contributed by atoms with E-state index in [1.807, 2.05) is 11.3 Å². The third-order valence-electron chi connectivity index (χ3n) is 4.09. The van der Waals surface area contributed by atoms with E-state index in [0.29, 0.717) is 12.1 Å². The van der Waals surface area contributed by atoms with Crippen molar-refractivity contribution in [2.45, 2.75) is 44.3 Å². The lowest BCUT2D eigenvalue weighted by atomic mass is 9.91. The normalized spacial score (nSPS) is 24.2. The molecule has 1 aromatic carbocycles. The Morgan fingerprint density at radius 2 is 2.00 bits per heavy atom. The van der Waals surface area contributed by atoms with Crippen molar-refractivity contribution in [3.8, 4) is 0 Å². The van der Waals surface area contributed by atoms with Crippen LogP contribution in [0.15, 0.2) is 24.3 Å². The fourth-order valence-electron chi connectivity index (χ4n) is 2.87. The van der Waals surface area contributed by atoms with Crippen LogP contribution in [0.4, 0.5) is 0 Å². The lowest BCUT2D eigenvalue weighted by Crippen LogP contribution is -2.38. The summed E-state index contributed by atoms with van der Waals surface area (Å²) in [6.45, 7) is 0.958. The lowest BCUT2D eigenvalue weighted by molar-refractivity contribution is 0.176. The quantitative estimate of drug-likeness (QED) is 0.936. The van der Waals surface area contributed by atoms with Crippen molar-refractivity contribution < 1.29 is 0 Å². The van der Waals surface area contributed by atoms with Gasteiger partial charge in [-0.05, 0) is 44.9 Å². The van der Waals surface area contributed by atoms with Gasteiger partial charge in [0, 0.05) is 12.1 Å². The third kappa shape index (κ3) is 2.96. The fourth-order valence-corrected chi connectivity index (χ4v) is 3.90. The number of thiazole rings is 1. The van der Waals surface area contributed by atoms with Gasteiger partial charge in [-0.25, -0.2) is 4.98 Å². The highest BCUT2D eigenvalue weighted by molar-refractivity contribution is 7.18. The Labute approximate surface area is 118 Å². The van der Waals surface area contributed by atoms with E-state index in [0.717, 1.165) is 24.9 Å². The molecule has 102 valence electrons. The molecular weight excluding hydrogens is 254 g/mol. The highest BCUT2D eigenvalue weighted by Crippen LogP contribution is 2.26. The first-order valence-electron chi connectivity index (χ1n) is 7.02. The van der Waals surface area contributed by atoms with Crippen molar-refractivity contribution in [1.29, 1.82) is 0 Å². The number of rotatable bonds is 3. The molecule has 1 aliphatic carbocycles. The van der Waals surface area contributed by atoms with Gasteiger partial charge >= 0.3 is 0 Å². The molecule has 0 unspecified atom stereocenters. The molecule has 19 heavy (non-hydrogen) atoms. The molecule has 3 rings (SSSR count). The van der Waals surface area contributed by atoms with Crippen molar-refractivity contribution >= 4 is 21.6 Å². The first-order chi connectivity index (χ1) is 9.22. The van der Waals surface area contributed by atoms with Gasteiger partial charge in [-0.3, -0.25) is 4.90 Å². The van der Waals surface area contributed by atoms with Gasteiger partial charge in [-0.1, -0.05) is 12.1 Å². The van der Waals surface area contributed by atoms with Gasteiger partial charge in [0.2, 0.25) is 0 Å². The summed E-state index contributed by atoms with van der Waals surface area (Å²) in [6, 6.07) is 9.47. The maximum Gasteiger partial charge on any atom is 0.108 e. The summed E-state index contributed by atoms with van der Waals surface area (Å²) in [5.74, 6) is 0. The van der Waals surface area contributed by atoms with Gasteiger partial charge < -0.3 is 5.73 Å². The maximum absolute atomic E-state index is 5.97. The second-order valence-electron chi connectivity index (χ2n) is 5.56. The van der Waals surface area contributed by atoms with E-state index in [-0.39, 0.29) is 0 Å². The Morgan fingerprint density at radius 3 is 2.74 bits per heavy atom. The van der Waals surface area contributed by atoms with E-state index >= 15 is 0 Å². The van der Waals surface area contributed by atoms with Gasteiger partial charge in [-0.2, -0.15) is 0 Å². The van der Waals surface area contributed by atoms with Crippen LogP contribution in [0.1, 0.15) is 30.7 Å². The molecule has 1 saturated carbocycles. The van der Waals surface area contributed by atoms with E-state index in [9.17, 15) is 0 Å². The molecule has 0 saturated heterocycles. The average Bonchev–Trinajstić information content (AvgIpc) is 2.81. The van der Waals surface area contributed by atoms with Crippen molar-refractivity contribution in [3.05, 3.63) is 29.3 Å². The lowest BCUT2D eigenvalue weighted by Gasteiger charge is -2.32. The summed E-state index contributed by atoms with van der Waals surface area (Å²) in [5.41, 5.74) is 7.10. The SMILES string of the molecule is CN(Cc1nc2ccccc2s1)C1CCC(N)CC1. The Bertz CT molecular complexity index is 510. The van der Waals surface area contributed by atoms with Crippen LogP contribution >= 0.6 is 11.3 Å². The molecule has 0 atom stereocenters. The van der Waals surface area contributed by atoms with Gasteiger partial charge in [-0.15, -0.1) is 11.3 Å². The van der Waals surface area contributed by atoms with Crippen LogP contribution in [0.2, 0.25) is 0 Å². The fraction of sp³-hybridized carbons (Fsp3) is 0.533. The number of nitrogens with two attached hydrogens (primary N) is 1. The first-order valence-corrected chi connectivity index (χ1v) is 7.84. The second-order valence-corrected chi connectivity index (χ2v) is 6.67. The summed E-state index contributed by atoms with van der Waals surface area (Å²) in [4.78, 5) is 7.16. The third-order valence-corrected chi connectivity index (χ3v) is 5.11. The zero-order chi connectivity index (χ0) is 13.2. The summed E-state index contributed by atoms with van der Waals surface area (Å²) >= 11 is 1.81. The van der Waals surface area contributed by atoms with E-state index in [1.165, 1.54) is 22.5 Å². The molecule has 0 bridgehead atoms. The minimum absolute atomic E-state index is 0.423. The molecular formula is C15H21N3S. The summed E-state index contributed by atoms with van der Waals surface area (Å²) in [6.07, 6.45) is 4.77. The number of fused-ring (bicyclic) bond motifs is 1. The highest BCUT2D eigenvalue weighted by atomic mass is 32.1. The van der Waals surface area contributed by atoms with Gasteiger partial charge in [0.15, 0.2) is 0 Å². The van der Waals surface area contributed by atoms with Crippen molar-refractivity contribution in [2.75, 3.05) is 7.05 Å². The Hall–Kier alpha value is -0.970. The molecule has 0 radical (unpaired) electrons. The van der Waals surface area contributed by atoms with E-state index in [4.69, 9.17) is 10.7 Å². The molecule has 1 aromatic heterocycles. The predicted molar refractivity (Wildman–Crippen MR) is 81.3 cm³/mol. The summed E-state index contributed by atoms with van der Waals surface area (Å²) < 4.78 is 1.29. The van der Waals surface area contributed by atoms with Crippen molar-refractivity contribution in [1.82, 2.24) is 9.88 Å².